The highest BCUT2D eigenvalue weighted by atomic mass is 32.2. The molecule has 0 aromatic carbocycles. The SMILES string of the molecule is CCCCC(CC)COC(=O)C1CCCS1. The molecule has 0 aliphatic carbocycles. The van der Waals surface area contributed by atoms with E-state index in [2.05, 4.69) is 13.8 Å². The molecule has 1 fully saturated rings. The minimum absolute atomic E-state index is 0.0254. The zero-order valence-electron chi connectivity index (χ0n) is 10.5. The minimum Gasteiger partial charge on any atom is -0.465 e. The third-order valence-electron chi connectivity index (χ3n) is 3.20. The van der Waals surface area contributed by atoms with Crippen LogP contribution in [-0.4, -0.2) is 23.6 Å². The smallest absolute Gasteiger partial charge is 0.319 e. The van der Waals surface area contributed by atoms with Crippen molar-refractivity contribution in [2.45, 2.75) is 57.6 Å². The summed E-state index contributed by atoms with van der Waals surface area (Å²) in [4.78, 5) is 11.7. The molecule has 0 radical (unpaired) electrons. The molecule has 94 valence electrons. The molecule has 0 spiro atoms. The highest BCUT2D eigenvalue weighted by Crippen LogP contribution is 2.27. The van der Waals surface area contributed by atoms with Gasteiger partial charge in [0.15, 0.2) is 0 Å². The molecule has 0 N–H and O–H groups in total. The summed E-state index contributed by atoms with van der Waals surface area (Å²) in [6, 6.07) is 0. The fourth-order valence-electron chi connectivity index (χ4n) is 1.95. The zero-order valence-corrected chi connectivity index (χ0v) is 11.4. The van der Waals surface area contributed by atoms with Crippen LogP contribution in [0.25, 0.3) is 0 Å². The Morgan fingerprint density at radius 2 is 2.31 bits per heavy atom. The molecule has 2 nitrogen and oxygen atoms in total. The van der Waals surface area contributed by atoms with E-state index in [4.69, 9.17) is 4.74 Å². The summed E-state index contributed by atoms with van der Waals surface area (Å²) in [5.41, 5.74) is 0. The van der Waals surface area contributed by atoms with Crippen LogP contribution in [0.5, 0.6) is 0 Å². The van der Waals surface area contributed by atoms with Gasteiger partial charge in [-0.1, -0.05) is 33.1 Å². The molecule has 0 aromatic rings. The van der Waals surface area contributed by atoms with Gasteiger partial charge in [-0.05, 0) is 30.9 Å². The molecule has 0 amide bonds. The van der Waals surface area contributed by atoms with E-state index in [1.807, 2.05) is 0 Å². The van der Waals surface area contributed by atoms with E-state index in [9.17, 15) is 4.79 Å². The van der Waals surface area contributed by atoms with Gasteiger partial charge in [-0.25, -0.2) is 0 Å². The molecule has 2 unspecified atom stereocenters. The quantitative estimate of drug-likeness (QED) is 0.640. The van der Waals surface area contributed by atoms with Crippen molar-refractivity contribution >= 4 is 17.7 Å². The summed E-state index contributed by atoms with van der Waals surface area (Å²) in [5, 5.41) is 0.128. The van der Waals surface area contributed by atoms with Crippen LogP contribution < -0.4 is 0 Å². The molecule has 16 heavy (non-hydrogen) atoms. The Morgan fingerprint density at radius 3 is 2.88 bits per heavy atom. The van der Waals surface area contributed by atoms with Gasteiger partial charge in [0.1, 0.15) is 5.25 Å². The average molecular weight is 244 g/mol. The first-order valence-corrected chi connectivity index (χ1v) is 7.61. The normalized spacial score (nSPS) is 22.0. The van der Waals surface area contributed by atoms with Gasteiger partial charge in [-0.3, -0.25) is 4.79 Å². The number of ether oxygens (including phenoxy) is 1. The van der Waals surface area contributed by atoms with Gasteiger partial charge in [-0.15, -0.1) is 11.8 Å². The Labute approximate surface area is 104 Å². The number of rotatable bonds is 7. The number of hydrogen-bond donors (Lipinski definition) is 0. The Bertz CT molecular complexity index is 200. The summed E-state index contributed by atoms with van der Waals surface area (Å²) in [6.07, 6.45) is 6.95. The van der Waals surface area contributed by atoms with Crippen molar-refractivity contribution in [3.63, 3.8) is 0 Å². The second-order valence-corrected chi connectivity index (χ2v) is 5.86. The van der Waals surface area contributed by atoms with Gasteiger partial charge in [0, 0.05) is 0 Å². The predicted molar refractivity (Wildman–Crippen MR) is 69.7 cm³/mol. The van der Waals surface area contributed by atoms with Gasteiger partial charge in [0.05, 0.1) is 6.61 Å². The molecule has 3 heteroatoms. The van der Waals surface area contributed by atoms with E-state index in [1.54, 1.807) is 11.8 Å². The van der Waals surface area contributed by atoms with Gasteiger partial charge in [-0.2, -0.15) is 0 Å². The van der Waals surface area contributed by atoms with Crippen molar-refractivity contribution in [3.8, 4) is 0 Å². The second-order valence-electron chi connectivity index (χ2n) is 4.55. The molecular weight excluding hydrogens is 220 g/mol. The van der Waals surface area contributed by atoms with Gasteiger partial charge < -0.3 is 4.74 Å². The number of carbonyl (C=O) groups excluding carboxylic acids is 1. The Morgan fingerprint density at radius 1 is 1.50 bits per heavy atom. The van der Waals surface area contributed by atoms with Crippen molar-refractivity contribution in [1.82, 2.24) is 0 Å². The average Bonchev–Trinajstić information content (AvgIpc) is 2.82. The molecule has 0 bridgehead atoms. The Balaban J connectivity index is 2.17. The lowest BCUT2D eigenvalue weighted by atomic mass is 10.0. The standard InChI is InChI=1S/C13H24O2S/c1-3-5-7-11(4-2)10-15-13(14)12-8-6-9-16-12/h11-12H,3-10H2,1-2H3. The number of unbranched alkanes of at least 4 members (excludes halogenated alkanes) is 1. The van der Waals surface area contributed by atoms with Crippen LogP contribution in [0.4, 0.5) is 0 Å². The van der Waals surface area contributed by atoms with Crippen LogP contribution in [0.2, 0.25) is 0 Å². The summed E-state index contributed by atoms with van der Waals surface area (Å²) >= 11 is 1.75. The summed E-state index contributed by atoms with van der Waals surface area (Å²) < 4.78 is 5.42. The van der Waals surface area contributed by atoms with Gasteiger partial charge >= 0.3 is 5.97 Å². The molecular formula is C13H24O2S. The van der Waals surface area contributed by atoms with Crippen molar-refractivity contribution < 1.29 is 9.53 Å². The van der Waals surface area contributed by atoms with E-state index in [0.717, 1.165) is 25.0 Å². The predicted octanol–water partition coefficient (Wildman–Crippen LogP) is 3.64. The molecule has 1 saturated heterocycles. The number of esters is 1. The Kier molecular flexibility index (Phi) is 6.93. The highest BCUT2D eigenvalue weighted by Gasteiger charge is 2.25. The first-order chi connectivity index (χ1) is 7.77. The van der Waals surface area contributed by atoms with E-state index in [1.165, 1.54) is 19.3 Å². The van der Waals surface area contributed by atoms with Gasteiger partial charge in [0.25, 0.3) is 0 Å². The maximum absolute atomic E-state index is 11.7. The third-order valence-corrected chi connectivity index (χ3v) is 4.55. The summed E-state index contributed by atoms with van der Waals surface area (Å²) in [5.74, 6) is 1.71. The van der Waals surface area contributed by atoms with E-state index >= 15 is 0 Å². The molecule has 0 aromatic heterocycles. The number of thioether (sulfide) groups is 1. The van der Waals surface area contributed by atoms with E-state index < -0.39 is 0 Å². The van der Waals surface area contributed by atoms with Crippen LogP contribution in [-0.2, 0) is 9.53 Å². The molecule has 2 atom stereocenters. The summed E-state index contributed by atoms with van der Waals surface area (Å²) in [6.45, 7) is 5.01. The van der Waals surface area contributed by atoms with Crippen molar-refractivity contribution in [2.75, 3.05) is 12.4 Å². The van der Waals surface area contributed by atoms with Crippen molar-refractivity contribution in [1.29, 1.82) is 0 Å². The fraction of sp³-hybridized carbons (Fsp3) is 0.923. The summed E-state index contributed by atoms with van der Waals surface area (Å²) in [7, 11) is 0. The lowest BCUT2D eigenvalue weighted by molar-refractivity contribution is -0.144. The number of hydrogen-bond acceptors (Lipinski definition) is 3. The lowest BCUT2D eigenvalue weighted by Crippen LogP contribution is -2.21. The number of carbonyl (C=O) groups is 1. The molecule has 1 rings (SSSR count). The second kappa shape index (κ2) is 7.99. The molecule has 1 heterocycles. The third kappa shape index (κ3) is 4.77. The monoisotopic (exact) mass is 244 g/mol. The first-order valence-electron chi connectivity index (χ1n) is 6.56. The minimum atomic E-state index is 0.0254. The largest absolute Gasteiger partial charge is 0.465 e. The van der Waals surface area contributed by atoms with Crippen LogP contribution >= 0.6 is 11.8 Å². The molecule has 1 aliphatic rings. The maximum atomic E-state index is 11.7. The van der Waals surface area contributed by atoms with Crippen molar-refractivity contribution in [3.05, 3.63) is 0 Å². The highest BCUT2D eigenvalue weighted by molar-refractivity contribution is 8.00. The lowest BCUT2D eigenvalue weighted by Gasteiger charge is -2.16. The molecule has 0 saturated carbocycles. The van der Waals surface area contributed by atoms with Crippen molar-refractivity contribution in [2.24, 2.45) is 5.92 Å². The van der Waals surface area contributed by atoms with Crippen LogP contribution in [0.15, 0.2) is 0 Å². The Hall–Kier alpha value is -0.180. The van der Waals surface area contributed by atoms with Crippen LogP contribution in [0.3, 0.4) is 0 Å². The zero-order chi connectivity index (χ0) is 11.8. The van der Waals surface area contributed by atoms with Crippen LogP contribution in [0.1, 0.15) is 52.4 Å². The van der Waals surface area contributed by atoms with Gasteiger partial charge in [0.2, 0.25) is 0 Å². The topological polar surface area (TPSA) is 26.3 Å². The maximum Gasteiger partial charge on any atom is 0.319 e. The first kappa shape index (κ1) is 13.9. The molecule has 1 aliphatic heterocycles. The van der Waals surface area contributed by atoms with E-state index in [-0.39, 0.29) is 11.2 Å². The fourth-order valence-corrected chi connectivity index (χ4v) is 3.11. The van der Waals surface area contributed by atoms with Crippen LogP contribution in [0, 0.1) is 5.92 Å². The van der Waals surface area contributed by atoms with E-state index in [0.29, 0.717) is 12.5 Å².